The molecule has 4 nitrogen and oxygen atoms in total. The van der Waals surface area contributed by atoms with Gasteiger partial charge in [-0.05, 0) is 70.9 Å². The number of hydrogen-bond donors (Lipinski definition) is 2. The lowest BCUT2D eigenvalue weighted by Crippen LogP contribution is -2.14. The van der Waals surface area contributed by atoms with Gasteiger partial charge >= 0.3 is 0 Å². The van der Waals surface area contributed by atoms with Crippen LogP contribution in [0.4, 0.5) is 0 Å². The monoisotopic (exact) mass is 644 g/mol. The van der Waals surface area contributed by atoms with E-state index in [0.717, 1.165) is 71.9 Å². The zero-order valence-corrected chi connectivity index (χ0v) is 30.4. The molecule has 0 aromatic heterocycles. The van der Waals surface area contributed by atoms with Gasteiger partial charge < -0.3 is 10.2 Å². The maximum Gasteiger partial charge on any atom is 0.128 e. The molecule has 2 atom stereocenters. The van der Waals surface area contributed by atoms with E-state index in [0.29, 0.717) is 0 Å². The van der Waals surface area contributed by atoms with E-state index in [1.165, 1.54) is 11.1 Å². The molecule has 0 aliphatic carbocycles. The van der Waals surface area contributed by atoms with Crippen LogP contribution in [0.1, 0.15) is 138 Å². The Kier molecular flexibility index (Phi) is 12.4. The third kappa shape index (κ3) is 9.46. The van der Waals surface area contributed by atoms with Crippen LogP contribution in [0, 0.1) is 0 Å². The average Bonchev–Trinajstić information content (AvgIpc) is 3.05. The summed E-state index contributed by atoms with van der Waals surface area (Å²) in [6.45, 7) is 17.2. The van der Waals surface area contributed by atoms with Crippen molar-refractivity contribution < 1.29 is 10.2 Å². The minimum absolute atomic E-state index is 0.218. The second-order valence-corrected chi connectivity index (χ2v) is 15.1. The first-order chi connectivity index (χ1) is 22.8. The van der Waals surface area contributed by atoms with Crippen molar-refractivity contribution in [3.05, 3.63) is 129 Å². The number of nitrogens with zero attached hydrogens (tertiary/aromatic N) is 2. The molecule has 0 aliphatic heterocycles. The van der Waals surface area contributed by atoms with E-state index in [4.69, 9.17) is 9.98 Å². The minimum Gasteiger partial charge on any atom is -0.507 e. The number of aliphatic imine (C=N–C) groups is 2. The second-order valence-electron chi connectivity index (χ2n) is 15.1. The predicted octanol–water partition coefficient (Wildman–Crippen LogP) is 11.4. The van der Waals surface area contributed by atoms with Gasteiger partial charge in [-0.15, -0.1) is 0 Å². The molecular formula is C44H56N2O2. The van der Waals surface area contributed by atoms with E-state index in [9.17, 15) is 10.2 Å². The fourth-order valence-corrected chi connectivity index (χ4v) is 6.15. The van der Waals surface area contributed by atoms with Crippen LogP contribution in [0.2, 0.25) is 0 Å². The number of aromatic hydroxyl groups is 2. The summed E-state index contributed by atoms with van der Waals surface area (Å²) in [6, 6.07) is 28.2. The van der Waals surface area contributed by atoms with Crippen LogP contribution >= 0.6 is 0 Å². The highest BCUT2D eigenvalue weighted by molar-refractivity contribution is 5.86. The molecule has 0 radical (unpaired) electrons. The summed E-state index contributed by atoms with van der Waals surface area (Å²) < 4.78 is 0. The van der Waals surface area contributed by atoms with Gasteiger partial charge in [0.1, 0.15) is 23.6 Å². The van der Waals surface area contributed by atoms with Gasteiger partial charge in [0, 0.05) is 34.7 Å². The molecule has 2 N–H and O–H groups in total. The number of phenols is 2. The van der Waals surface area contributed by atoms with E-state index in [1.54, 1.807) is 0 Å². The molecule has 4 heteroatoms. The van der Waals surface area contributed by atoms with Crippen molar-refractivity contribution in [2.45, 2.75) is 117 Å². The molecule has 0 spiro atoms. The molecule has 0 saturated carbocycles. The standard InChI is InChI=1S/C44H56N2O2/c1-9-11-19-31-25-35(41(47)37(27-31)43(3,4)5)29-45-39(33-21-15-13-16-22-33)40(34-23-17-14-18-24-34)46-30-36-26-32(20-12-10-2)28-38(42(36)48)44(6,7)8/h13-18,21-30,39-40,47-48H,9-12,19-20H2,1-8H3. The van der Waals surface area contributed by atoms with Gasteiger partial charge in [0.05, 0.1) is 0 Å². The highest BCUT2D eigenvalue weighted by Crippen LogP contribution is 2.39. The Morgan fingerprint density at radius 2 is 0.917 bits per heavy atom. The van der Waals surface area contributed by atoms with Gasteiger partial charge in [0.25, 0.3) is 0 Å². The number of aryl methyl sites for hydroxylation is 2. The van der Waals surface area contributed by atoms with E-state index in [2.05, 4.69) is 104 Å². The van der Waals surface area contributed by atoms with Crippen LogP contribution in [-0.4, -0.2) is 22.6 Å². The van der Waals surface area contributed by atoms with Crippen molar-refractivity contribution in [1.29, 1.82) is 0 Å². The molecule has 0 bridgehead atoms. The Bertz CT molecular complexity index is 1550. The average molecular weight is 645 g/mol. The first-order valence-electron chi connectivity index (χ1n) is 17.7. The van der Waals surface area contributed by atoms with Gasteiger partial charge in [0.2, 0.25) is 0 Å². The normalized spacial score (nSPS) is 13.8. The molecule has 0 amide bonds. The first-order valence-corrected chi connectivity index (χ1v) is 17.7. The molecule has 0 fully saturated rings. The van der Waals surface area contributed by atoms with Crippen LogP contribution in [0.25, 0.3) is 0 Å². The number of benzene rings is 4. The van der Waals surface area contributed by atoms with Gasteiger partial charge in [-0.25, -0.2) is 0 Å². The SMILES string of the molecule is CCCCc1cc(C=NC(c2ccccc2)C(N=Cc2cc(CCCC)cc(C(C)(C)C)c2O)c2ccccc2)c(O)c(C(C)(C)C)c1. The minimum atomic E-state index is -0.380. The van der Waals surface area contributed by atoms with Crippen molar-refractivity contribution in [1.82, 2.24) is 0 Å². The van der Waals surface area contributed by atoms with Gasteiger partial charge in [-0.3, -0.25) is 9.98 Å². The van der Waals surface area contributed by atoms with Crippen LogP contribution in [-0.2, 0) is 23.7 Å². The highest BCUT2D eigenvalue weighted by atomic mass is 16.3. The van der Waals surface area contributed by atoms with Crippen LogP contribution in [0.5, 0.6) is 11.5 Å². The molecule has 254 valence electrons. The zero-order valence-electron chi connectivity index (χ0n) is 30.4. The summed E-state index contributed by atoms with van der Waals surface area (Å²) in [4.78, 5) is 10.5. The van der Waals surface area contributed by atoms with Crippen LogP contribution in [0.15, 0.2) is 94.9 Å². The van der Waals surface area contributed by atoms with Crippen molar-refractivity contribution in [3.8, 4) is 11.5 Å². The Hall–Kier alpha value is -4.18. The molecule has 4 aromatic rings. The molecule has 4 aromatic carbocycles. The third-order valence-electron chi connectivity index (χ3n) is 8.98. The fraction of sp³-hybridized carbons (Fsp3) is 0.409. The molecule has 0 aliphatic rings. The smallest absolute Gasteiger partial charge is 0.128 e. The lowest BCUT2D eigenvalue weighted by atomic mass is 9.83. The molecule has 2 unspecified atom stereocenters. The molecular weight excluding hydrogens is 588 g/mol. The second kappa shape index (κ2) is 16.3. The summed E-state index contributed by atoms with van der Waals surface area (Å²) in [5.74, 6) is 0.559. The molecule has 48 heavy (non-hydrogen) atoms. The Morgan fingerprint density at radius 3 is 1.23 bits per heavy atom. The highest BCUT2D eigenvalue weighted by Gasteiger charge is 2.26. The van der Waals surface area contributed by atoms with E-state index in [1.807, 2.05) is 48.8 Å². The Morgan fingerprint density at radius 1 is 0.562 bits per heavy atom. The maximum atomic E-state index is 11.5. The lowest BCUT2D eigenvalue weighted by Gasteiger charge is -2.24. The molecule has 0 saturated heterocycles. The third-order valence-corrected chi connectivity index (χ3v) is 8.98. The number of unbranched alkanes of at least 4 members (excludes halogenated alkanes) is 2. The summed E-state index contributed by atoms with van der Waals surface area (Å²) >= 11 is 0. The number of rotatable bonds is 13. The summed E-state index contributed by atoms with van der Waals surface area (Å²) in [6.07, 6.45) is 9.98. The Balaban J connectivity index is 1.88. The lowest BCUT2D eigenvalue weighted by molar-refractivity contribution is 0.444. The van der Waals surface area contributed by atoms with Crippen molar-refractivity contribution in [3.63, 3.8) is 0 Å². The van der Waals surface area contributed by atoms with E-state index >= 15 is 0 Å². The topological polar surface area (TPSA) is 65.2 Å². The summed E-state index contributed by atoms with van der Waals surface area (Å²) in [5, 5.41) is 23.1. The zero-order chi connectivity index (χ0) is 34.9. The van der Waals surface area contributed by atoms with Crippen LogP contribution < -0.4 is 0 Å². The summed E-state index contributed by atoms with van der Waals surface area (Å²) in [5.41, 5.74) is 7.34. The maximum absolute atomic E-state index is 11.5. The predicted molar refractivity (Wildman–Crippen MR) is 204 cm³/mol. The van der Waals surface area contributed by atoms with Crippen molar-refractivity contribution in [2.75, 3.05) is 0 Å². The number of hydrogen-bond acceptors (Lipinski definition) is 4. The van der Waals surface area contributed by atoms with Gasteiger partial charge in [0.15, 0.2) is 0 Å². The first kappa shape index (κ1) is 36.7. The van der Waals surface area contributed by atoms with E-state index < -0.39 is 0 Å². The largest absolute Gasteiger partial charge is 0.507 e. The number of phenolic OH excluding ortho intramolecular Hbond substituents is 2. The van der Waals surface area contributed by atoms with E-state index in [-0.39, 0.29) is 34.4 Å². The van der Waals surface area contributed by atoms with Gasteiger partial charge in [-0.2, -0.15) is 0 Å². The van der Waals surface area contributed by atoms with Crippen molar-refractivity contribution >= 4 is 12.4 Å². The van der Waals surface area contributed by atoms with Gasteiger partial charge in [-0.1, -0.05) is 141 Å². The Labute approximate surface area is 289 Å². The molecule has 0 heterocycles. The molecule has 4 rings (SSSR count). The fourth-order valence-electron chi connectivity index (χ4n) is 6.15. The summed E-state index contributed by atoms with van der Waals surface area (Å²) in [7, 11) is 0. The van der Waals surface area contributed by atoms with Crippen molar-refractivity contribution in [2.24, 2.45) is 9.98 Å². The quantitative estimate of drug-likeness (QED) is 0.142. The van der Waals surface area contributed by atoms with Crippen LogP contribution in [0.3, 0.4) is 0 Å².